The molecular weight excluding hydrogens is 298 g/mol. The predicted octanol–water partition coefficient (Wildman–Crippen LogP) is 3.28. The summed E-state index contributed by atoms with van der Waals surface area (Å²) in [6, 6.07) is 3.97. The molecule has 1 aliphatic rings. The number of methoxy groups -OCH3 is 1. The van der Waals surface area contributed by atoms with Crippen LogP contribution < -0.4 is 0 Å². The number of aldehydes is 1. The van der Waals surface area contributed by atoms with Gasteiger partial charge in [-0.2, -0.15) is 0 Å². The van der Waals surface area contributed by atoms with Gasteiger partial charge in [0, 0.05) is 23.3 Å². The van der Waals surface area contributed by atoms with Gasteiger partial charge in [0.05, 0.1) is 18.1 Å². The summed E-state index contributed by atoms with van der Waals surface area (Å²) in [6.07, 6.45) is 6.07. The molecule has 1 aliphatic carbocycles. The van der Waals surface area contributed by atoms with Gasteiger partial charge in [-0.15, -0.1) is 0 Å². The molecule has 122 valence electrons. The Bertz CT molecular complexity index is 674. The number of non-ortho nitro benzene ring substituents is 1. The molecule has 1 atom stereocenters. The second-order valence-corrected chi connectivity index (χ2v) is 4.34. The van der Waals surface area contributed by atoms with E-state index in [9.17, 15) is 20.0 Å². The van der Waals surface area contributed by atoms with Gasteiger partial charge < -0.3 is 9.84 Å². The van der Waals surface area contributed by atoms with Crippen LogP contribution in [0, 0.1) is 10.1 Å². The molecule has 0 heterocycles. The molecule has 1 unspecified atom stereocenters. The molecule has 0 amide bonds. The van der Waals surface area contributed by atoms with Crippen LogP contribution in [0.1, 0.15) is 29.8 Å². The van der Waals surface area contributed by atoms with Crippen LogP contribution in [-0.2, 0) is 4.74 Å². The molecule has 0 radical (unpaired) electrons. The number of nitrogens with zero attached hydrogens (tertiary/aromatic N) is 1. The number of hydrogen-bond acceptors (Lipinski definition) is 5. The van der Waals surface area contributed by atoms with E-state index in [1.165, 1.54) is 31.4 Å². The molecular formula is C17H19NO5. The molecule has 0 fully saturated rings. The first-order chi connectivity index (χ1) is 11.1. The Hall–Kier alpha value is -2.73. The molecule has 0 spiro atoms. The van der Waals surface area contributed by atoms with E-state index in [1.54, 1.807) is 18.2 Å². The van der Waals surface area contributed by atoms with E-state index in [1.807, 2.05) is 13.8 Å². The number of hydrogen-bond donors (Lipinski definition) is 1. The van der Waals surface area contributed by atoms with Gasteiger partial charge >= 0.3 is 0 Å². The number of benzene rings is 1. The van der Waals surface area contributed by atoms with Crippen LogP contribution in [0.5, 0.6) is 0 Å². The maximum absolute atomic E-state index is 11.2. The minimum Gasteiger partial charge on any atom is -0.496 e. The van der Waals surface area contributed by atoms with E-state index in [0.29, 0.717) is 23.2 Å². The summed E-state index contributed by atoms with van der Waals surface area (Å²) in [5.74, 6) is 0.458. The van der Waals surface area contributed by atoms with Gasteiger partial charge in [-0.05, 0) is 23.8 Å². The Morgan fingerprint density at radius 3 is 2.61 bits per heavy atom. The van der Waals surface area contributed by atoms with Crippen molar-refractivity contribution in [2.24, 2.45) is 0 Å². The number of rotatable bonds is 4. The summed E-state index contributed by atoms with van der Waals surface area (Å²) in [4.78, 5) is 21.4. The number of carbonyl (C=O) groups excluding carboxylic acids is 1. The lowest BCUT2D eigenvalue weighted by Gasteiger charge is -2.13. The number of nitro groups is 1. The fourth-order valence-corrected chi connectivity index (χ4v) is 2.06. The maximum atomic E-state index is 11.2. The molecule has 2 rings (SSSR count). The lowest BCUT2D eigenvalue weighted by Crippen LogP contribution is -2.02. The molecule has 0 saturated carbocycles. The van der Waals surface area contributed by atoms with E-state index in [-0.39, 0.29) is 11.3 Å². The lowest BCUT2D eigenvalue weighted by molar-refractivity contribution is -0.384. The molecule has 0 bridgehead atoms. The molecule has 0 saturated heterocycles. The highest BCUT2D eigenvalue weighted by atomic mass is 16.6. The normalized spacial score (nSPS) is 16.3. The zero-order valence-corrected chi connectivity index (χ0v) is 13.2. The largest absolute Gasteiger partial charge is 0.496 e. The second kappa shape index (κ2) is 8.65. The van der Waals surface area contributed by atoms with E-state index in [4.69, 9.17) is 4.74 Å². The highest BCUT2D eigenvalue weighted by molar-refractivity contribution is 5.91. The first kappa shape index (κ1) is 18.3. The van der Waals surface area contributed by atoms with Gasteiger partial charge in [0.1, 0.15) is 5.76 Å². The first-order valence-electron chi connectivity index (χ1n) is 7.13. The predicted molar refractivity (Wildman–Crippen MR) is 88.0 cm³/mol. The van der Waals surface area contributed by atoms with Crippen molar-refractivity contribution in [1.29, 1.82) is 0 Å². The number of carbonyl (C=O) groups is 1. The van der Waals surface area contributed by atoms with Crippen molar-refractivity contribution in [2.75, 3.05) is 7.11 Å². The monoisotopic (exact) mass is 317 g/mol. The van der Waals surface area contributed by atoms with Crippen molar-refractivity contribution in [3.05, 3.63) is 69.5 Å². The lowest BCUT2D eigenvalue weighted by atomic mass is 9.97. The molecule has 0 aliphatic heterocycles. The average Bonchev–Trinajstić information content (AvgIpc) is 2.76. The maximum Gasteiger partial charge on any atom is 0.270 e. The summed E-state index contributed by atoms with van der Waals surface area (Å²) in [7, 11) is 1.47. The molecule has 6 nitrogen and oxygen atoms in total. The highest BCUT2D eigenvalue weighted by Crippen LogP contribution is 2.30. The minimum atomic E-state index is -0.835. The number of allylic oxidation sites excluding steroid dienone is 3. The van der Waals surface area contributed by atoms with Crippen LogP contribution in [0.4, 0.5) is 5.69 Å². The van der Waals surface area contributed by atoms with Gasteiger partial charge in [-0.3, -0.25) is 14.9 Å². The summed E-state index contributed by atoms with van der Waals surface area (Å²) < 4.78 is 5.24. The van der Waals surface area contributed by atoms with Gasteiger partial charge in [0.2, 0.25) is 0 Å². The number of nitro benzene ring substituents is 1. The topological polar surface area (TPSA) is 89.7 Å². The molecule has 23 heavy (non-hydrogen) atoms. The van der Waals surface area contributed by atoms with E-state index in [2.05, 4.69) is 0 Å². The molecule has 0 aromatic heterocycles. The Morgan fingerprint density at radius 2 is 2.04 bits per heavy atom. The standard InChI is InChI=1S/C15H13NO5.C2H6/c1-21-15-4-2-3-12(18)8-14(15)13-6-5-11(16(19)20)7-10(13)9-17;1-2/h2-9,12,18H,1H3;1-2H3. The zero-order chi connectivity index (χ0) is 17.4. The van der Waals surface area contributed by atoms with Gasteiger partial charge in [0.15, 0.2) is 6.29 Å². The second-order valence-electron chi connectivity index (χ2n) is 4.34. The summed E-state index contributed by atoms with van der Waals surface area (Å²) >= 11 is 0. The summed E-state index contributed by atoms with van der Waals surface area (Å²) in [5, 5.41) is 20.6. The average molecular weight is 317 g/mol. The fraction of sp³-hybridized carbons (Fsp3) is 0.235. The third kappa shape index (κ3) is 4.37. The Labute approximate surface area is 134 Å². The molecule has 6 heteroatoms. The number of ether oxygens (including phenoxy) is 1. The van der Waals surface area contributed by atoms with Crippen LogP contribution in [0.25, 0.3) is 5.57 Å². The van der Waals surface area contributed by atoms with Crippen LogP contribution in [0.15, 0.2) is 48.3 Å². The van der Waals surface area contributed by atoms with E-state index in [0.717, 1.165) is 0 Å². The molecule has 1 aromatic rings. The number of aliphatic hydroxyl groups is 1. The van der Waals surface area contributed by atoms with Crippen molar-refractivity contribution < 1.29 is 19.6 Å². The van der Waals surface area contributed by atoms with Crippen LogP contribution in [0.2, 0.25) is 0 Å². The van der Waals surface area contributed by atoms with Crippen molar-refractivity contribution in [2.45, 2.75) is 20.0 Å². The smallest absolute Gasteiger partial charge is 0.270 e. The first-order valence-corrected chi connectivity index (χ1v) is 7.13. The minimum absolute atomic E-state index is 0.160. The van der Waals surface area contributed by atoms with Crippen molar-refractivity contribution in [3.63, 3.8) is 0 Å². The summed E-state index contributed by atoms with van der Waals surface area (Å²) in [6.45, 7) is 4.00. The Kier molecular flexibility index (Phi) is 6.89. The quantitative estimate of drug-likeness (QED) is 0.523. The van der Waals surface area contributed by atoms with Crippen molar-refractivity contribution in [3.8, 4) is 0 Å². The van der Waals surface area contributed by atoms with Crippen LogP contribution in [-0.4, -0.2) is 29.5 Å². The SMILES string of the molecule is CC.COC1=CC=CC(O)C=C1c1ccc([N+](=O)[O-])cc1C=O. The number of aliphatic hydroxyl groups excluding tert-OH is 1. The summed E-state index contributed by atoms with van der Waals surface area (Å²) in [5.41, 5.74) is 0.961. The zero-order valence-electron chi connectivity index (χ0n) is 13.2. The Balaban J connectivity index is 0.00000127. The van der Waals surface area contributed by atoms with E-state index < -0.39 is 11.0 Å². The van der Waals surface area contributed by atoms with Crippen LogP contribution in [0.3, 0.4) is 0 Å². The van der Waals surface area contributed by atoms with Gasteiger partial charge in [-0.1, -0.05) is 26.0 Å². The fourth-order valence-electron chi connectivity index (χ4n) is 2.06. The molecule has 1 N–H and O–H groups in total. The Morgan fingerprint density at radius 1 is 1.35 bits per heavy atom. The van der Waals surface area contributed by atoms with Crippen molar-refractivity contribution in [1.82, 2.24) is 0 Å². The van der Waals surface area contributed by atoms with Gasteiger partial charge in [-0.25, -0.2) is 0 Å². The third-order valence-corrected chi connectivity index (χ3v) is 3.04. The third-order valence-electron chi connectivity index (χ3n) is 3.04. The molecule has 1 aromatic carbocycles. The van der Waals surface area contributed by atoms with E-state index >= 15 is 0 Å². The van der Waals surface area contributed by atoms with Gasteiger partial charge in [0.25, 0.3) is 5.69 Å². The van der Waals surface area contributed by atoms with Crippen molar-refractivity contribution >= 4 is 17.5 Å². The van der Waals surface area contributed by atoms with Crippen LogP contribution >= 0.6 is 0 Å². The highest BCUT2D eigenvalue weighted by Gasteiger charge is 2.18.